The summed E-state index contributed by atoms with van der Waals surface area (Å²) in [6, 6.07) is 6.00. The lowest BCUT2D eigenvalue weighted by Gasteiger charge is -2.25. The number of nitrogens with zero attached hydrogens (tertiary/aromatic N) is 2. The average molecular weight is 315 g/mol. The highest BCUT2D eigenvalue weighted by atomic mass is 35.5. The maximum atomic E-state index is 12.7. The molecule has 0 aromatic heterocycles. The minimum absolute atomic E-state index is 0.0342. The lowest BCUT2D eigenvalue weighted by Crippen LogP contribution is -2.39. The molecule has 1 unspecified atom stereocenters. The van der Waals surface area contributed by atoms with Crippen molar-refractivity contribution in [2.45, 2.75) is 24.3 Å². The van der Waals surface area contributed by atoms with Gasteiger partial charge in [0.25, 0.3) is 0 Å². The Morgan fingerprint density at radius 2 is 2.20 bits per heavy atom. The van der Waals surface area contributed by atoms with Crippen molar-refractivity contribution in [3.05, 3.63) is 28.8 Å². The van der Waals surface area contributed by atoms with E-state index < -0.39 is 10.0 Å². The van der Waals surface area contributed by atoms with Crippen LogP contribution in [0.1, 0.15) is 18.9 Å². The van der Waals surface area contributed by atoms with E-state index in [4.69, 9.17) is 21.6 Å². The molecule has 1 fully saturated rings. The molecule has 1 aliphatic heterocycles. The van der Waals surface area contributed by atoms with Crippen molar-refractivity contribution in [1.82, 2.24) is 4.31 Å². The fraction of sp³-hybridized carbons (Fsp3) is 0.462. The van der Waals surface area contributed by atoms with Crippen molar-refractivity contribution in [1.29, 1.82) is 5.26 Å². The van der Waals surface area contributed by atoms with Gasteiger partial charge in [0.1, 0.15) is 4.90 Å². The monoisotopic (exact) mass is 314 g/mol. The summed E-state index contributed by atoms with van der Waals surface area (Å²) in [5.41, 5.74) is 0.334. The zero-order valence-corrected chi connectivity index (χ0v) is 12.6. The quantitative estimate of drug-likeness (QED) is 0.837. The van der Waals surface area contributed by atoms with Crippen LogP contribution in [0.5, 0.6) is 0 Å². The molecule has 1 heterocycles. The first-order valence-corrected chi connectivity index (χ1v) is 8.08. The molecular weight excluding hydrogens is 300 g/mol. The van der Waals surface area contributed by atoms with Crippen LogP contribution in [-0.4, -0.2) is 38.5 Å². The van der Waals surface area contributed by atoms with E-state index in [1.54, 1.807) is 0 Å². The van der Waals surface area contributed by atoms with Gasteiger partial charge in [-0.2, -0.15) is 9.57 Å². The maximum absolute atomic E-state index is 12.7. The highest BCUT2D eigenvalue weighted by molar-refractivity contribution is 7.89. The molecule has 1 aromatic rings. The Bertz CT molecular complexity index is 640. The number of benzene rings is 1. The van der Waals surface area contributed by atoms with Gasteiger partial charge in [-0.25, -0.2) is 8.42 Å². The van der Waals surface area contributed by atoms with Gasteiger partial charge in [0.05, 0.1) is 23.3 Å². The predicted octanol–water partition coefficient (Wildman–Crippen LogP) is 2.01. The van der Waals surface area contributed by atoms with Gasteiger partial charge in [-0.15, -0.1) is 0 Å². The molecule has 0 spiro atoms. The Morgan fingerprint density at radius 1 is 1.45 bits per heavy atom. The van der Waals surface area contributed by atoms with Gasteiger partial charge in [-0.1, -0.05) is 11.6 Å². The van der Waals surface area contributed by atoms with Gasteiger partial charge in [0.15, 0.2) is 0 Å². The molecule has 1 saturated heterocycles. The molecule has 108 valence electrons. The molecule has 5 nitrogen and oxygen atoms in total. The van der Waals surface area contributed by atoms with Crippen molar-refractivity contribution >= 4 is 21.6 Å². The molecule has 1 atom stereocenters. The summed E-state index contributed by atoms with van der Waals surface area (Å²) in [4.78, 5) is 0.0342. The number of hydrogen-bond acceptors (Lipinski definition) is 4. The average Bonchev–Trinajstić information content (AvgIpc) is 2.63. The minimum Gasteiger partial charge on any atom is -0.380 e. The van der Waals surface area contributed by atoms with Gasteiger partial charge >= 0.3 is 0 Å². The highest BCUT2D eigenvalue weighted by Gasteiger charge is 2.31. The third kappa shape index (κ3) is 2.96. The topological polar surface area (TPSA) is 70.4 Å². The van der Waals surface area contributed by atoms with Gasteiger partial charge in [-0.3, -0.25) is 0 Å². The Kier molecular flexibility index (Phi) is 4.66. The van der Waals surface area contributed by atoms with E-state index in [0.717, 1.165) is 0 Å². The number of sulfonamides is 1. The molecule has 0 bridgehead atoms. The second kappa shape index (κ2) is 6.10. The molecule has 20 heavy (non-hydrogen) atoms. The van der Waals surface area contributed by atoms with E-state index in [0.29, 0.717) is 31.7 Å². The van der Waals surface area contributed by atoms with E-state index in [1.165, 1.54) is 22.5 Å². The van der Waals surface area contributed by atoms with Crippen LogP contribution in [0.2, 0.25) is 5.02 Å². The number of ether oxygens (including phenoxy) is 1. The highest BCUT2D eigenvalue weighted by Crippen LogP contribution is 2.28. The van der Waals surface area contributed by atoms with E-state index >= 15 is 0 Å². The van der Waals surface area contributed by atoms with Crippen molar-refractivity contribution in [2.24, 2.45) is 0 Å². The molecule has 2 rings (SSSR count). The largest absolute Gasteiger partial charge is 0.380 e. The van der Waals surface area contributed by atoms with E-state index in [9.17, 15) is 8.42 Å². The third-order valence-electron chi connectivity index (χ3n) is 3.28. The molecule has 1 aliphatic rings. The fourth-order valence-electron chi connectivity index (χ4n) is 2.14. The normalized spacial score (nSPS) is 21.1. The van der Waals surface area contributed by atoms with Gasteiger partial charge in [-0.05, 0) is 31.5 Å². The van der Waals surface area contributed by atoms with Crippen LogP contribution in [0, 0.1) is 11.3 Å². The van der Waals surface area contributed by atoms with Gasteiger partial charge < -0.3 is 4.74 Å². The first-order valence-electron chi connectivity index (χ1n) is 6.26. The van der Waals surface area contributed by atoms with Crippen LogP contribution in [0.3, 0.4) is 0 Å². The molecule has 1 aromatic carbocycles. The number of nitriles is 1. The fourth-order valence-corrected chi connectivity index (χ4v) is 4.30. The summed E-state index contributed by atoms with van der Waals surface area (Å²) in [5, 5.41) is 8.87. The van der Waals surface area contributed by atoms with Crippen molar-refractivity contribution in [2.75, 3.05) is 19.8 Å². The molecule has 0 amide bonds. The summed E-state index contributed by atoms with van der Waals surface area (Å²) in [6.45, 7) is 3.08. The van der Waals surface area contributed by atoms with E-state index in [1.807, 2.05) is 13.0 Å². The first-order chi connectivity index (χ1) is 9.46. The lowest BCUT2D eigenvalue weighted by atomic mass is 10.2. The Balaban J connectivity index is 2.41. The SMILES string of the molecule is CC1CCOCCN1S(=O)(=O)c1ccc(C#N)cc1Cl. The van der Waals surface area contributed by atoms with Crippen molar-refractivity contribution < 1.29 is 13.2 Å². The van der Waals surface area contributed by atoms with Crippen LogP contribution in [0.15, 0.2) is 23.1 Å². The molecule has 0 radical (unpaired) electrons. The Labute approximate surface area is 123 Å². The van der Waals surface area contributed by atoms with Crippen LogP contribution in [0.4, 0.5) is 0 Å². The van der Waals surface area contributed by atoms with Gasteiger partial charge in [0.2, 0.25) is 10.0 Å². The van der Waals surface area contributed by atoms with Gasteiger partial charge in [0, 0.05) is 19.2 Å². The standard InChI is InChI=1S/C13H15ClN2O3S/c1-10-4-6-19-7-5-16(10)20(17,18)13-3-2-11(9-15)8-12(13)14/h2-3,8,10H,4-7H2,1H3. The van der Waals surface area contributed by atoms with Crippen LogP contribution >= 0.6 is 11.6 Å². The predicted molar refractivity (Wildman–Crippen MR) is 75.0 cm³/mol. The summed E-state index contributed by atoms with van der Waals surface area (Å²) >= 11 is 6.01. The summed E-state index contributed by atoms with van der Waals surface area (Å²) in [6.07, 6.45) is 0.646. The molecule has 0 N–H and O–H groups in total. The third-order valence-corrected chi connectivity index (χ3v) is 5.77. The number of rotatable bonds is 2. The lowest BCUT2D eigenvalue weighted by molar-refractivity contribution is 0.148. The number of hydrogen-bond donors (Lipinski definition) is 0. The van der Waals surface area contributed by atoms with Crippen LogP contribution in [-0.2, 0) is 14.8 Å². The smallest absolute Gasteiger partial charge is 0.244 e. The summed E-state index contributed by atoms with van der Waals surface area (Å²) < 4.78 is 32.1. The summed E-state index contributed by atoms with van der Waals surface area (Å²) in [5.74, 6) is 0. The van der Waals surface area contributed by atoms with Crippen molar-refractivity contribution in [3.63, 3.8) is 0 Å². The van der Waals surface area contributed by atoms with Crippen molar-refractivity contribution in [3.8, 4) is 6.07 Å². The maximum Gasteiger partial charge on any atom is 0.244 e. The molecule has 0 aliphatic carbocycles. The second-order valence-electron chi connectivity index (χ2n) is 4.62. The zero-order chi connectivity index (χ0) is 14.8. The molecule has 0 saturated carbocycles. The zero-order valence-electron chi connectivity index (χ0n) is 11.0. The second-order valence-corrected chi connectivity index (χ2v) is 6.89. The molecular formula is C13H15ClN2O3S. The van der Waals surface area contributed by atoms with Crippen LogP contribution < -0.4 is 0 Å². The van der Waals surface area contributed by atoms with Crippen LogP contribution in [0.25, 0.3) is 0 Å². The Morgan fingerprint density at radius 3 is 2.85 bits per heavy atom. The minimum atomic E-state index is -3.68. The molecule has 7 heteroatoms. The Hall–Kier alpha value is -1.13. The first kappa shape index (κ1) is 15.3. The summed E-state index contributed by atoms with van der Waals surface area (Å²) in [7, 11) is -3.68. The van der Waals surface area contributed by atoms with E-state index in [-0.39, 0.29) is 16.0 Å². The number of halogens is 1. The van der Waals surface area contributed by atoms with E-state index in [2.05, 4.69) is 0 Å².